The smallest absolute Gasteiger partial charge is 0.159 e. The summed E-state index contributed by atoms with van der Waals surface area (Å²) in [5.41, 5.74) is 4.74. The van der Waals surface area contributed by atoms with Crippen LogP contribution in [0, 0.1) is 17.3 Å². The van der Waals surface area contributed by atoms with E-state index in [1.165, 1.54) is 22.3 Å². The number of allylic oxidation sites excluding steroid dienone is 4. The van der Waals surface area contributed by atoms with Crippen LogP contribution >= 0.6 is 0 Å². The molecule has 2 unspecified atom stereocenters. The van der Waals surface area contributed by atoms with Crippen LogP contribution in [0.4, 0.5) is 0 Å². The molecule has 4 nitrogen and oxygen atoms in total. The van der Waals surface area contributed by atoms with E-state index in [1.54, 1.807) is 13.0 Å². The Kier molecular flexibility index (Phi) is 5.57. The SMILES string of the molecule is CC(=O)c1ccc([C@H]2C[C@@]3(C)C(CC[C@@]3(O)/C=C\CO)C3CCC4=CC(=O)CCC4=C32)cc1. The van der Waals surface area contributed by atoms with E-state index >= 15 is 0 Å². The maximum absolute atomic E-state index is 12.2. The van der Waals surface area contributed by atoms with Crippen molar-refractivity contribution in [1.82, 2.24) is 0 Å². The van der Waals surface area contributed by atoms with E-state index in [-0.39, 0.29) is 29.5 Å². The topological polar surface area (TPSA) is 74.6 Å². The van der Waals surface area contributed by atoms with Crippen molar-refractivity contribution in [3.05, 3.63) is 70.3 Å². The number of Topliss-reactive ketones (excluding diaryl/α,β-unsaturated/α-hetero) is 1. The van der Waals surface area contributed by atoms with Crippen LogP contribution in [0.15, 0.2) is 59.2 Å². The Bertz CT molecular complexity index is 1080. The van der Waals surface area contributed by atoms with Crippen molar-refractivity contribution >= 4 is 11.6 Å². The highest BCUT2D eigenvalue weighted by molar-refractivity contribution is 5.94. The van der Waals surface area contributed by atoms with Gasteiger partial charge in [-0.3, -0.25) is 9.59 Å². The average molecular weight is 447 g/mol. The number of fused-ring (bicyclic) bond motifs is 4. The summed E-state index contributed by atoms with van der Waals surface area (Å²) >= 11 is 0. The standard InChI is InChI=1S/C29H34O4/c1-18(31)19-4-6-20(7-5-19)25-17-28(2)26(12-14-29(28,33)13-3-15-30)24-10-8-21-16-22(32)9-11-23(21)27(24)25/h3-7,13,16,24-26,30,33H,8-12,14-15,17H2,1-2H3/b13-3-/t24?,25-,26?,28+,29+/m1/s1. The summed E-state index contributed by atoms with van der Waals surface area (Å²) < 4.78 is 0. The highest BCUT2D eigenvalue weighted by Gasteiger charge is 2.61. The Morgan fingerprint density at radius 3 is 2.61 bits per heavy atom. The first kappa shape index (κ1) is 22.5. The van der Waals surface area contributed by atoms with Gasteiger partial charge in [-0.15, -0.1) is 0 Å². The van der Waals surface area contributed by atoms with E-state index in [0.29, 0.717) is 30.2 Å². The van der Waals surface area contributed by atoms with Crippen molar-refractivity contribution in [2.24, 2.45) is 17.3 Å². The Morgan fingerprint density at radius 1 is 1.15 bits per heavy atom. The minimum atomic E-state index is -0.938. The van der Waals surface area contributed by atoms with E-state index < -0.39 is 5.60 Å². The van der Waals surface area contributed by atoms with Crippen LogP contribution < -0.4 is 0 Å². The Balaban J connectivity index is 1.66. The minimum Gasteiger partial charge on any atom is -0.392 e. The Morgan fingerprint density at radius 2 is 1.91 bits per heavy atom. The van der Waals surface area contributed by atoms with E-state index in [2.05, 4.69) is 19.1 Å². The van der Waals surface area contributed by atoms with E-state index in [0.717, 1.165) is 32.1 Å². The fraction of sp³-hybridized carbons (Fsp3) is 0.517. The van der Waals surface area contributed by atoms with Gasteiger partial charge in [0.2, 0.25) is 0 Å². The first-order chi connectivity index (χ1) is 15.8. The number of aliphatic hydroxyl groups is 2. The zero-order chi connectivity index (χ0) is 23.4. The first-order valence-electron chi connectivity index (χ1n) is 12.4. The quantitative estimate of drug-likeness (QED) is 0.500. The Labute approximate surface area is 196 Å². The van der Waals surface area contributed by atoms with Crippen LogP contribution in [-0.4, -0.2) is 34.0 Å². The molecule has 1 aromatic carbocycles. The van der Waals surface area contributed by atoms with Crippen molar-refractivity contribution in [3.63, 3.8) is 0 Å². The van der Waals surface area contributed by atoms with Crippen LogP contribution in [0.1, 0.15) is 80.6 Å². The zero-order valence-corrected chi connectivity index (χ0v) is 19.6. The highest BCUT2D eigenvalue weighted by Crippen LogP contribution is 2.67. The molecule has 0 aromatic heterocycles. The van der Waals surface area contributed by atoms with Gasteiger partial charge in [-0.2, -0.15) is 0 Å². The molecular weight excluding hydrogens is 412 g/mol. The second-order valence-electron chi connectivity index (χ2n) is 10.7. The van der Waals surface area contributed by atoms with Crippen LogP contribution in [0.25, 0.3) is 0 Å². The molecule has 0 aliphatic heterocycles. The number of hydrogen-bond acceptors (Lipinski definition) is 4. The maximum Gasteiger partial charge on any atom is 0.159 e. The summed E-state index contributed by atoms with van der Waals surface area (Å²) in [7, 11) is 0. The summed E-state index contributed by atoms with van der Waals surface area (Å²) in [6.07, 6.45) is 11.2. The molecule has 0 spiro atoms. The predicted molar refractivity (Wildman–Crippen MR) is 128 cm³/mol. The van der Waals surface area contributed by atoms with Gasteiger partial charge in [0.1, 0.15) is 0 Å². The van der Waals surface area contributed by atoms with Gasteiger partial charge in [0.25, 0.3) is 0 Å². The van der Waals surface area contributed by atoms with Crippen LogP contribution in [0.3, 0.4) is 0 Å². The fourth-order valence-corrected chi connectivity index (χ4v) is 7.47. The molecule has 2 saturated carbocycles. The van der Waals surface area contributed by atoms with Crippen molar-refractivity contribution in [3.8, 4) is 0 Å². The lowest BCUT2D eigenvalue weighted by molar-refractivity contribution is -0.114. The summed E-state index contributed by atoms with van der Waals surface area (Å²) in [5, 5.41) is 21.2. The molecule has 5 atom stereocenters. The molecule has 2 N–H and O–H groups in total. The number of carbonyl (C=O) groups is 2. The zero-order valence-electron chi connectivity index (χ0n) is 19.6. The van der Waals surface area contributed by atoms with Gasteiger partial charge in [0.15, 0.2) is 11.6 Å². The van der Waals surface area contributed by atoms with Crippen LogP contribution in [0.5, 0.6) is 0 Å². The van der Waals surface area contributed by atoms with Gasteiger partial charge in [0.05, 0.1) is 12.2 Å². The second kappa shape index (κ2) is 8.18. The van der Waals surface area contributed by atoms with Crippen molar-refractivity contribution in [1.29, 1.82) is 0 Å². The van der Waals surface area contributed by atoms with Gasteiger partial charge < -0.3 is 10.2 Å². The summed E-state index contributed by atoms with van der Waals surface area (Å²) in [6.45, 7) is 3.76. The molecule has 5 rings (SSSR count). The molecule has 2 fully saturated rings. The number of hydrogen-bond donors (Lipinski definition) is 2. The summed E-state index contributed by atoms with van der Waals surface area (Å²) in [6, 6.07) is 8.00. The minimum absolute atomic E-state index is 0.0603. The Hall–Kier alpha value is -2.30. The van der Waals surface area contributed by atoms with Crippen molar-refractivity contribution in [2.45, 2.75) is 70.3 Å². The average Bonchev–Trinajstić information content (AvgIpc) is 3.07. The second-order valence-corrected chi connectivity index (χ2v) is 10.7. The van der Waals surface area contributed by atoms with Gasteiger partial charge in [0, 0.05) is 23.3 Å². The summed E-state index contributed by atoms with van der Waals surface area (Å²) in [5.74, 6) is 1.21. The first-order valence-corrected chi connectivity index (χ1v) is 12.4. The molecule has 0 amide bonds. The largest absolute Gasteiger partial charge is 0.392 e. The molecule has 4 heteroatoms. The molecule has 0 heterocycles. The third kappa shape index (κ3) is 3.50. The molecular formula is C29H34O4. The maximum atomic E-state index is 12.2. The molecule has 0 radical (unpaired) electrons. The monoisotopic (exact) mass is 446 g/mol. The molecule has 0 bridgehead atoms. The van der Waals surface area contributed by atoms with Gasteiger partial charge in [-0.25, -0.2) is 0 Å². The number of benzene rings is 1. The van der Waals surface area contributed by atoms with Gasteiger partial charge in [-0.1, -0.05) is 48.9 Å². The van der Waals surface area contributed by atoms with Gasteiger partial charge >= 0.3 is 0 Å². The third-order valence-electron chi connectivity index (χ3n) is 9.17. The fourth-order valence-electron chi connectivity index (χ4n) is 7.47. The third-order valence-corrected chi connectivity index (χ3v) is 9.17. The van der Waals surface area contributed by atoms with Crippen molar-refractivity contribution in [2.75, 3.05) is 6.61 Å². The molecule has 1 aromatic rings. The molecule has 4 aliphatic carbocycles. The summed E-state index contributed by atoms with van der Waals surface area (Å²) in [4.78, 5) is 24.0. The lowest BCUT2D eigenvalue weighted by atomic mass is 9.51. The molecule has 174 valence electrons. The van der Waals surface area contributed by atoms with Crippen LogP contribution in [0.2, 0.25) is 0 Å². The molecule has 4 aliphatic rings. The van der Waals surface area contributed by atoms with Crippen molar-refractivity contribution < 1.29 is 19.8 Å². The van der Waals surface area contributed by atoms with Crippen LogP contribution in [-0.2, 0) is 4.79 Å². The van der Waals surface area contributed by atoms with Gasteiger partial charge in [-0.05, 0) is 80.1 Å². The number of ketones is 2. The van der Waals surface area contributed by atoms with E-state index in [4.69, 9.17) is 0 Å². The van der Waals surface area contributed by atoms with E-state index in [9.17, 15) is 19.8 Å². The predicted octanol–water partition coefficient (Wildman–Crippen LogP) is 5.07. The molecule has 0 saturated heterocycles. The van der Waals surface area contributed by atoms with E-state index in [1.807, 2.05) is 24.3 Å². The number of rotatable bonds is 4. The number of aliphatic hydroxyl groups excluding tert-OH is 1. The number of carbonyl (C=O) groups excluding carboxylic acids is 2. The molecule has 33 heavy (non-hydrogen) atoms. The normalized spacial score (nSPS) is 35.8. The lowest BCUT2D eigenvalue weighted by Gasteiger charge is -2.54. The highest BCUT2D eigenvalue weighted by atomic mass is 16.3. The lowest BCUT2D eigenvalue weighted by Crippen LogP contribution is -2.50.